The Morgan fingerprint density at radius 1 is 1.23 bits per heavy atom. The Balaban J connectivity index is 2.94. The first-order valence-corrected chi connectivity index (χ1v) is 4.14. The molecule has 0 amide bonds. The van der Waals surface area contributed by atoms with Crippen LogP contribution in [0.3, 0.4) is 0 Å². The van der Waals surface area contributed by atoms with E-state index in [1.807, 2.05) is 6.07 Å². The third-order valence-electron chi connectivity index (χ3n) is 1.88. The smallest absolute Gasteiger partial charge is 0.136 e. The standard InChI is InChI=1S/C10H5ClN2/c11-10-9-3-1-2-7(6-12)8(9)4-5-13-10/h1-5H. The van der Waals surface area contributed by atoms with Gasteiger partial charge in [0, 0.05) is 17.0 Å². The summed E-state index contributed by atoms with van der Waals surface area (Å²) in [7, 11) is 0. The summed E-state index contributed by atoms with van der Waals surface area (Å²) in [5.74, 6) is 0. The van der Waals surface area contributed by atoms with Gasteiger partial charge in [0.1, 0.15) is 5.15 Å². The zero-order valence-electron chi connectivity index (χ0n) is 6.66. The molecule has 0 spiro atoms. The average molecular weight is 189 g/mol. The van der Waals surface area contributed by atoms with Crippen LogP contribution >= 0.6 is 11.6 Å². The van der Waals surface area contributed by atoms with Crippen LogP contribution in [-0.4, -0.2) is 4.98 Å². The fourth-order valence-electron chi connectivity index (χ4n) is 1.27. The predicted molar refractivity (Wildman–Crippen MR) is 51.5 cm³/mol. The van der Waals surface area contributed by atoms with Crippen molar-refractivity contribution in [2.45, 2.75) is 0 Å². The summed E-state index contributed by atoms with van der Waals surface area (Å²) >= 11 is 5.87. The van der Waals surface area contributed by atoms with Gasteiger partial charge in [-0.2, -0.15) is 5.26 Å². The number of benzene rings is 1. The van der Waals surface area contributed by atoms with E-state index in [0.717, 1.165) is 10.8 Å². The molecular formula is C10H5ClN2. The maximum absolute atomic E-state index is 8.81. The van der Waals surface area contributed by atoms with E-state index in [2.05, 4.69) is 11.1 Å². The van der Waals surface area contributed by atoms with Crippen LogP contribution in [0.2, 0.25) is 5.15 Å². The van der Waals surface area contributed by atoms with Crippen molar-refractivity contribution >= 4 is 22.4 Å². The number of hydrogen-bond acceptors (Lipinski definition) is 2. The zero-order chi connectivity index (χ0) is 9.26. The number of hydrogen-bond donors (Lipinski definition) is 0. The number of pyridine rings is 1. The lowest BCUT2D eigenvalue weighted by Gasteiger charge is -1.99. The minimum absolute atomic E-state index is 0.439. The molecule has 13 heavy (non-hydrogen) atoms. The summed E-state index contributed by atoms with van der Waals surface area (Å²) in [4.78, 5) is 3.94. The van der Waals surface area contributed by atoms with Gasteiger partial charge < -0.3 is 0 Å². The van der Waals surface area contributed by atoms with Gasteiger partial charge in [0.2, 0.25) is 0 Å². The third-order valence-corrected chi connectivity index (χ3v) is 2.18. The summed E-state index contributed by atoms with van der Waals surface area (Å²) in [6.45, 7) is 0. The highest BCUT2D eigenvalue weighted by molar-refractivity contribution is 6.34. The molecule has 2 aromatic rings. The van der Waals surface area contributed by atoms with Crippen molar-refractivity contribution in [3.8, 4) is 6.07 Å². The normalized spacial score (nSPS) is 9.85. The van der Waals surface area contributed by atoms with Gasteiger partial charge in [0.05, 0.1) is 11.6 Å². The van der Waals surface area contributed by atoms with E-state index in [-0.39, 0.29) is 0 Å². The third kappa shape index (κ3) is 1.24. The Morgan fingerprint density at radius 3 is 2.85 bits per heavy atom. The lowest BCUT2D eigenvalue weighted by molar-refractivity contribution is 1.36. The molecule has 62 valence electrons. The van der Waals surface area contributed by atoms with Crippen molar-refractivity contribution in [1.29, 1.82) is 5.26 Å². The van der Waals surface area contributed by atoms with E-state index >= 15 is 0 Å². The Labute approximate surface area is 80.4 Å². The summed E-state index contributed by atoms with van der Waals surface area (Å²) in [5, 5.41) is 10.9. The quantitative estimate of drug-likeness (QED) is 0.596. The molecule has 0 N–H and O–H groups in total. The molecule has 0 saturated carbocycles. The molecule has 0 aliphatic heterocycles. The van der Waals surface area contributed by atoms with Gasteiger partial charge >= 0.3 is 0 Å². The summed E-state index contributed by atoms with van der Waals surface area (Å²) in [5.41, 5.74) is 0.627. The molecule has 2 nitrogen and oxygen atoms in total. The van der Waals surface area contributed by atoms with Crippen LogP contribution in [0.25, 0.3) is 10.8 Å². The van der Waals surface area contributed by atoms with E-state index in [1.54, 1.807) is 24.4 Å². The Bertz CT molecular complexity index is 500. The van der Waals surface area contributed by atoms with Gasteiger partial charge in [-0.3, -0.25) is 0 Å². The highest BCUT2D eigenvalue weighted by atomic mass is 35.5. The van der Waals surface area contributed by atoms with Gasteiger partial charge in [-0.25, -0.2) is 4.98 Å². The lowest BCUT2D eigenvalue weighted by atomic mass is 10.1. The van der Waals surface area contributed by atoms with Crippen LogP contribution in [0.5, 0.6) is 0 Å². The summed E-state index contributed by atoms with van der Waals surface area (Å²) in [6, 6.07) is 9.32. The highest BCUT2D eigenvalue weighted by Gasteiger charge is 2.02. The van der Waals surface area contributed by atoms with Crippen LogP contribution in [0.1, 0.15) is 5.56 Å². The second-order valence-electron chi connectivity index (χ2n) is 2.61. The predicted octanol–water partition coefficient (Wildman–Crippen LogP) is 2.76. The fourth-order valence-corrected chi connectivity index (χ4v) is 1.49. The maximum Gasteiger partial charge on any atom is 0.136 e. The summed E-state index contributed by atoms with van der Waals surface area (Å²) < 4.78 is 0. The molecule has 0 aliphatic rings. The Kier molecular flexibility index (Phi) is 1.88. The first-order valence-electron chi connectivity index (χ1n) is 3.76. The Hall–Kier alpha value is -1.59. The van der Waals surface area contributed by atoms with Gasteiger partial charge in [0.25, 0.3) is 0 Å². The molecule has 0 atom stereocenters. The molecule has 0 bridgehead atoms. The number of nitriles is 1. The molecule has 0 fully saturated rings. The van der Waals surface area contributed by atoms with E-state index in [0.29, 0.717) is 10.7 Å². The second-order valence-corrected chi connectivity index (χ2v) is 2.97. The van der Waals surface area contributed by atoms with Crippen LogP contribution in [0.15, 0.2) is 30.5 Å². The van der Waals surface area contributed by atoms with Crippen LogP contribution in [-0.2, 0) is 0 Å². The number of rotatable bonds is 0. The molecular weight excluding hydrogens is 184 g/mol. The van der Waals surface area contributed by atoms with Crippen LogP contribution in [0, 0.1) is 11.3 Å². The molecule has 3 heteroatoms. The van der Waals surface area contributed by atoms with E-state index < -0.39 is 0 Å². The first kappa shape index (κ1) is 8.03. The fraction of sp³-hybridized carbons (Fsp3) is 0. The number of halogens is 1. The molecule has 1 aromatic heterocycles. The SMILES string of the molecule is N#Cc1cccc2c(Cl)nccc12. The zero-order valence-corrected chi connectivity index (χ0v) is 7.42. The monoisotopic (exact) mass is 188 g/mol. The Morgan fingerprint density at radius 2 is 2.08 bits per heavy atom. The molecule has 1 aromatic carbocycles. The van der Waals surface area contributed by atoms with Gasteiger partial charge in [-0.15, -0.1) is 0 Å². The van der Waals surface area contributed by atoms with Crippen LogP contribution in [0.4, 0.5) is 0 Å². The van der Waals surface area contributed by atoms with E-state index in [1.165, 1.54) is 0 Å². The van der Waals surface area contributed by atoms with Gasteiger partial charge in [-0.05, 0) is 12.1 Å². The lowest BCUT2D eigenvalue weighted by Crippen LogP contribution is -1.82. The van der Waals surface area contributed by atoms with Crippen molar-refractivity contribution in [1.82, 2.24) is 4.98 Å². The van der Waals surface area contributed by atoms with Crippen molar-refractivity contribution in [2.75, 3.05) is 0 Å². The summed E-state index contributed by atoms with van der Waals surface area (Å²) in [6.07, 6.45) is 1.60. The molecule has 0 unspecified atom stereocenters. The first-order chi connectivity index (χ1) is 6.33. The minimum Gasteiger partial charge on any atom is -0.244 e. The van der Waals surface area contributed by atoms with Gasteiger partial charge in [-0.1, -0.05) is 23.7 Å². The maximum atomic E-state index is 8.81. The molecule has 0 aliphatic carbocycles. The minimum atomic E-state index is 0.439. The van der Waals surface area contributed by atoms with E-state index in [9.17, 15) is 0 Å². The number of nitrogens with zero attached hydrogens (tertiary/aromatic N) is 2. The van der Waals surface area contributed by atoms with Gasteiger partial charge in [0.15, 0.2) is 0 Å². The van der Waals surface area contributed by atoms with Crippen LogP contribution < -0.4 is 0 Å². The highest BCUT2D eigenvalue weighted by Crippen LogP contribution is 2.23. The van der Waals surface area contributed by atoms with E-state index in [4.69, 9.17) is 16.9 Å². The number of aromatic nitrogens is 1. The van der Waals surface area contributed by atoms with Crippen molar-refractivity contribution in [3.05, 3.63) is 41.2 Å². The van der Waals surface area contributed by atoms with Crippen molar-refractivity contribution < 1.29 is 0 Å². The second kappa shape index (κ2) is 3.04. The molecule has 0 radical (unpaired) electrons. The average Bonchev–Trinajstić information content (AvgIpc) is 2.18. The topological polar surface area (TPSA) is 36.7 Å². The largest absolute Gasteiger partial charge is 0.244 e. The molecule has 0 saturated heterocycles. The number of fused-ring (bicyclic) bond motifs is 1. The molecule has 1 heterocycles. The van der Waals surface area contributed by atoms with Crippen molar-refractivity contribution in [2.24, 2.45) is 0 Å². The van der Waals surface area contributed by atoms with Crippen molar-refractivity contribution in [3.63, 3.8) is 0 Å². The molecule has 2 rings (SSSR count).